The summed E-state index contributed by atoms with van der Waals surface area (Å²) in [6.07, 6.45) is 9.50. The lowest BCUT2D eigenvalue weighted by Crippen LogP contribution is -2.49. The van der Waals surface area contributed by atoms with Crippen LogP contribution in [0.4, 0.5) is 5.69 Å². The van der Waals surface area contributed by atoms with Crippen molar-refractivity contribution in [3.8, 4) is 11.9 Å². The first-order valence-corrected chi connectivity index (χ1v) is 15.8. The Bertz CT molecular complexity index is 1370. The van der Waals surface area contributed by atoms with Crippen LogP contribution in [0, 0.1) is 17.2 Å². The van der Waals surface area contributed by atoms with Gasteiger partial charge in [0.25, 0.3) is 5.91 Å². The second-order valence-electron chi connectivity index (χ2n) is 12.1. The highest BCUT2D eigenvalue weighted by Gasteiger charge is 2.37. The third kappa shape index (κ3) is 6.89. The van der Waals surface area contributed by atoms with Crippen molar-refractivity contribution >= 4 is 23.3 Å². The number of nitriles is 1. The number of aromatic nitrogens is 1. The molecule has 0 radical (unpaired) electrons. The van der Waals surface area contributed by atoms with E-state index in [1.807, 2.05) is 17.2 Å². The smallest absolute Gasteiger partial charge is 0.278 e. The van der Waals surface area contributed by atoms with Gasteiger partial charge in [-0.05, 0) is 75.9 Å². The topological polar surface area (TPSA) is 114 Å². The van der Waals surface area contributed by atoms with E-state index >= 15 is 0 Å². The number of piperidine rings is 1. The molecule has 1 saturated carbocycles. The Kier molecular flexibility index (Phi) is 9.30. The Morgan fingerprint density at radius 3 is 2.49 bits per heavy atom. The van der Waals surface area contributed by atoms with Crippen molar-refractivity contribution in [2.45, 2.75) is 57.4 Å². The number of hydrogen-bond donors (Lipinski definition) is 1. The van der Waals surface area contributed by atoms with Gasteiger partial charge in [-0.1, -0.05) is 6.42 Å². The van der Waals surface area contributed by atoms with Crippen molar-refractivity contribution in [2.24, 2.45) is 10.9 Å². The number of fused-ring (bicyclic) bond motifs is 1. The maximum atomic E-state index is 13.3. The van der Waals surface area contributed by atoms with Gasteiger partial charge in [0.15, 0.2) is 0 Å². The number of hydrogen-bond acceptors (Lipinski definition) is 7. The molecule has 1 aromatic carbocycles. The van der Waals surface area contributed by atoms with Gasteiger partial charge in [-0.25, -0.2) is 4.98 Å². The molecule has 4 aliphatic rings. The number of amides is 2. The predicted molar refractivity (Wildman–Crippen MR) is 164 cm³/mol. The number of piperazine rings is 1. The second kappa shape index (κ2) is 13.7. The van der Waals surface area contributed by atoms with Crippen LogP contribution in [0.1, 0.15) is 66.4 Å². The third-order valence-corrected chi connectivity index (χ3v) is 9.26. The van der Waals surface area contributed by atoms with Gasteiger partial charge in [0.05, 0.1) is 17.3 Å². The zero-order valence-electron chi connectivity index (χ0n) is 24.8. The number of anilines is 1. The van der Waals surface area contributed by atoms with Crippen LogP contribution in [0.3, 0.4) is 0 Å². The first-order valence-electron chi connectivity index (χ1n) is 15.8. The summed E-state index contributed by atoms with van der Waals surface area (Å²) in [7, 11) is 0. The molecule has 43 heavy (non-hydrogen) atoms. The van der Waals surface area contributed by atoms with Crippen molar-refractivity contribution in [2.75, 3.05) is 57.3 Å². The number of carbonyl (C=O) groups is 2. The summed E-state index contributed by atoms with van der Waals surface area (Å²) in [6, 6.07) is 10.8. The van der Waals surface area contributed by atoms with E-state index in [2.05, 4.69) is 31.2 Å². The van der Waals surface area contributed by atoms with E-state index in [0.29, 0.717) is 35.9 Å². The fourth-order valence-corrected chi connectivity index (χ4v) is 6.85. The summed E-state index contributed by atoms with van der Waals surface area (Å²) >= 11 is 0. The molecular formula is C33H41N7O3. The Balaban J connectivity index is 1.19. The van der Waals surface area contributed by atoms with Gasteiger partial charge in [0.2, 0.25) is 11.8 Å². The molecular weight excluding hydrogens is 542 g/mol. The number of ether oxygens (including phenoxy) is 1. The summed E-state index contributed by atoms with van der Waals surface area (Å²) in [5.74, 6) is 1.28. The fraction of sp³-hybridized carbons (Fsp3) is 0.545. The molecule has 0 bridgehead atoms. The maximum Gasteiger partial charge on any atom is 0.278 e. The summed E-state index contributed by atoms with van der Waals surface area (Å²) in [5, 5.41) is 12.5. The van der Waals surface area contributed by atoms with Crippen LogP contribution >= 0.6 is 0 Å². The minimum absolute atomic E-state index is 0.0446. The fourth-order valence-electron chi connectivity index (χ4n) is 6.85. The molecule has 1 aromatic heterocycles. The van der Waals surface area contributed by atoms with Crippen LogP contribution in [0.5, 0.6) is 5.88 Å². The second-order valence-corrected chi connectivity index (χ2v) is 12.1. The lowest BCUT2D eigenvalue weighted by molar-refractivity contribution is -0.137. The number of amidine groups is 1. The van der Waals surface area contributed by atoms with Gasteiger partial charge in [0, 0.05) is 74.5 Å². The lowest BCUT2D eigenvalue weighted by atomic mass is 9.84. The number of carbonyl (C=O) groups excluding carboxylic acids is 2. The molecule has 3 fully saturated rings. The monoisotopic (exact) mass is 583 g/mol. The highest BCUT2D eigenvalue weighted by atomic mass is 16.5. The normalized spacial score (nSPS) is 23.6. The van der Waals surface area contributed by atoms with Crippen LogP contribution in [0.2, 0.25) is 0 Å². The van der Waals surface area contributed by atoms with Gasteiger partial charge < -0.3 is 19.9 Å². The molecule has 0 unspecified atom stereocenters. The molecule has 4 heterocycles. The maximum absolute atomic E-state index is 13.3. The molecule has 6 rings (SSSR count). The zero-order valence-corrected chi connectivity index (χ0v) is 24.8. The SMILES string of the molecule is N#Cc1ccc(C(=O)N=C2Cc3cnc(OCCN4CCCCC4)cc3N2C2CCC(C(=O)N3CCNCC3)CC2)cc1. The molecule has 2 saturated heterocycles. The number of pyridine rings is 1. The molecule has 1 N–H and O–H groups in total. The van der Waals surface area contributed by atoms with Crippen LogP contribution < -0.4 is 15.0 Å². The van der Waals surface area contributed by atoms with E-state index in [1.54, 1.807) is 24.3 Å². The molecule has 2 aromatic rings. The largest absolute Gasteiger partial charge is 0.476 e. The van der Waals surface area contributed by atoms with Gasteiger partial charge in [-0.15, -0.1) is 0 Å². The molecule has 0 spiro atoms. The van der Waals surface area contributed by atoms with Crippen molar-refractivity contribution in [1.29, 1.82) is 5.26 Å². The Hall–Kier alpha value is -3.81. The average Bonchev–Trinajstić information content (AvgIpc) is 3.42. The minimum atomic E-state index is -0.328. The van der Waals surface area contributed by atoms with Crippen LogP contribution in [0.15, 0.2) is 41.5 Å². The standard InChI is InChI=1S/C33H41N7O3/c34-22-24-4-6-25(7-5-24)32(41)37-30-20-27-23-36-31(43-19-18-38-14-2-1-3-15-38)21-29(27)40(30)28-10-8-26(9-11-28)33(42)39-16-12-35-13-17-39/h4-7,21,23,26,28,35H,1-3,8-20H2. The molecule has 0 atom stereocenters. The average molecular weight is 584 g/mol. The van der Waals surface area contributed by atoms with Crippen molar-refractivity contribution in [1.82, 2.24) is 20.1 Å². The van der Waals surface area contributed by atoms with Gasteiger partial charge in [-0.2, -0.15) is 10.3 Å². The van der Waals surface area contributed by atoms with Crippen LogP contribution in [-0.4, -0.2) is 90.9 Å². The third-order valence-electron chi connectivity index (χ3n) is 9.26. The number of nitrogens with one attached hydrogen (secondary N) is 1. The van der Waals surface area contributed by atoms with Gasteiger partial charge in [0.1, 0.15) is 12.4 Å². The number of benzene rings is 1. The summed E-state index contributed by atoms with van der Waals surface area (Å²) in [4.78, 5) is 42.4. The number of likely N-dealkylation sites (tertiary alicyclic amines) is 1. The van der Waals surface area contributed by atoms with Gasteiger partial charge in [-0.3, -0.25) is 14.5 Å². The number of nitrogens with zero attached hydrogens (tertiary/aromatic N) is 6. The van der Waals surface area contributed by atoms with Crippen LogP contribution in [-0.2, 0) is 11.2 Å². The van der Waals surface area contributed by atoms with Gasteiger partial charge >= 0.3 is 0 Å². The molecule has 10 heteroatoms. The van der Waals surface area contributed by atoms with E-state index in [4.69, 9.17) is 10.00 Å². The molecule has 2 amide bonds. The summed E-state index contributed by atoms with van der Waals surface area (Å²) in [6.45, 7) is 7.00. The van der Waals surface area contributed by atoms with E-state index in [1.165, 1.54) is 19.3 Å². The Labute approximate surface area is 253 Å². The quantitative estimate of drug-likeness (QED) is 0.528. The zero-order chi connectivity index (χ0) is 29.6. The molecule has 3 aliphatic heterocycles. The first kappa shape index (κ1) is 29.3. The molecule has 226 valence electrons. The van der Waals surface area contributed by atoms with Crippen LogP contribution in [0.25, 0.3) is 0 Å². The highest BCUT2D eigenvalue weighted by molar-refractivity contribution is 6.12. The summed E-state index contributed by atoms with van der Waals surface area (Å²) in [5.41, 5.74) is 2.97. The number of aliphatic imine (C=N–C) groups is 1. The van der Waals surface area contributed by atoms with E-state index in [0.717, 1.165) is 82.7 Å². The lowest BCUT2D eigenvalue weighted by Gasteiger charge is -2.38. The van der Waals surface area contributed by atoms with E-state index in [9.17, 15) is 9.59 Å². The Morgan fingerprint density at radius 2 is 1.77 bits per heavy atom. The van der Waals surface area contributed by atoms with E-state index in [-0.39, 0.29) is 23.8 Å². The molecule has 1 aliphatic carbocycles. The van der Waals surface area contributed by atoms with Crippen molar-refractivity contribution in [3.05, 3.63) is 53.2 Å². The Morgan fingerprint density at radius 1 is 1.02 bits per heavy atom. The highest BCUT2D eigenvalue weighted by Crippen LogP contribution is 2.39. The minimum Gasteiger partial charge on any atom is -0.476 e. The van der Waals surface area contributed by atoms with Crippen molar-refractivity contribution < 1.29 is 14.3 Å². The van der Waals surface area contributed by atoms with Crippen molar-refractivity contribution in [3.63, 3.8) is 0 Å². The summed E-state index contributed by atoms with van der Waals surface area (Å²) < 4.78 is 6.12. The van der Waals surface area contributed by atoms with E-state index < -0.39 is 0 Å². The predicted octanol–water partition coefficient (Wildman–Crippen LogP) is 3.41. The first-order chi connectivity index (χ1) is 21.1. The molecule has 10 nitrogen and oxygen atoms in total. The number of rotatable bonds is 7.